The van der Waals surface area contributed by atoms with E-state index in [4.69, 9.17) is 0 Å². The molecule has 2 aliphatic rings. The van der Waals surface area contributed by atoms with Crippen LogP contribution in [-0.2, 0) is 17.1 Å². The van der Waals surface area contributed by atoms with E-state index in [0.717, 1.165) is 24.4 Å². The van der Waals surface area contributed by atoms with Crippen LogP contribution in [0.4, 0.5) is 5.82 Å². The molecule has 0 unspecified atom stereocenters. The summed E-state index contributed by atoms with van der Waals surface area (Å²) in [6, 6.07) is 2.87. The van der Waals surface area contributed by atoms with Crippen LogP contribution in [0.25, 0.3) is 0 Å². The van der Waals surface area contributed by atoms with E-state index in [0.29, 0.717) is 25.2 Å². The first-order valence-corrected chi connectivity index (χ1v) is 10.4. The van der Waals surface area contributed by atoms with E-state index in [1.807, 2.05) is 13.0 Å². The molecule has 0 atom stereocenters. The van der Waals surface area contributed by atoms with Crippen LogP contribution in [-0.4, -0.2) is 57.6 Å². The van der Waals surface area contributed by atoms with Crippen molar-refractivity contribution in [3.05, 3.63) is 30.5 Å². The highest BCUT2D eigenvalue weighted by Gasteiger charge is 2.38. The van der Waals surface area contributed by atoms with Crippen molar-refractivity contribution in [2.75, 3.05) is 18.0 Å². The van der Waals surface area contributed by atoms with Crippen molar-refractivity contribution < 1.29 is 8.42 Å². The number of nitrogens with zero attached hydrogens (tertiary/aromatic N) is 6. The monoisotopic (exact) mass is 376 g/mol. The topological polar surface area (TPSA) is 84.2 Å². The van der Waals surface area contributed by atoms with E-state index < -0.39 is 10.0 Å². The predicted octanol–water partition coefficient (Wildman–Crippen LogP) is 1.34. The maximum atomic E-state index is 12.8. The summed E-state index contributed by atoms with van der Waals surface area (Å²) >= 11 is 0. The van der Waals surface area contributed by atoms with E-state index in [9.17, 15) is 8.42 Å². The van der Waals surface area contributed by atoms with Crippen molar-refractivity contribution in [3.63, 3.8) is 0 Å². The van der Waals surface area contributed by atoms with E-state index in [1.165, 1.54) is 23.7 Å². The van der Waals surface area contributed by atoms with E-state index in [2.05, 4.69) is 20.0 Å². The minimum Gasteiger partial charge on any atom is -0.350 e. The van der Waals surface area contributed by atoms with Gasteiger partial charge >= 0.3 is 0 Å². The minimum absolute atomic E-state index is 0.268. The van der Waals surface area contributed by atoms with Crippen molar-refractivity contribution in [2.24, 2.45) is 7.05 Å². The van der Waals surface area contributed by atoms with Crippen molar-refractivity contribution in [1.82, 2.24) is 24.1 Å². The highest BCUT2D eigenvalue weighted by molar-refractivity contribution is 7.89. The Morgan fingerprint density at radius 1 is 1.12 bits per heavy atom. The van der Waals surface area contributed by atoms with Gasteiger partial charge in [0, 0.05) is 50.2 Å². The average molecular weight is 376 g/mol. The van der Waals surface area contributed by atoms with Gasteiger partial charge in [-0.3, -0.25) is 4.68 Å². The molecule has 1 saturated heterocycles. The van der Waals surface area contributed by atoms with Crippen LogP contribution in [0.5, 0.6) is 0 Å². The second-order valence-electron chi connectivity index (χ2n) is 7.14. The van der Waals surface area contributed by atoms with Gasteiger partial charge in [0.15, 0.2) is 0 Å². The summed E-state index contributed by atoms with van der Waals surface area (Å²) in [5.41, 5.74) is 0.956. The van der Waals surface area contributed by atoms with Crippen LogP contribution >= 0.6 is 0 Å². The van der Waals surface area contributed by atoms with Crippen LogP contribution in [0.15, 0.2) is 29.7 Å². The van der Waals surface area contributed by atoms with E-state index in [-0.39, 0.29) is 4.90 Å². The molecule has 140 valence electrons. The Kier molecular flexibility index (Phi) is 4.44. The lowest BCUT2D eigenvalue weighted by Crippen LogP contribution is -2.48. The van der Waals surface area contributed by atoms with E-state index in [1.54, 1.807) is 23.9 Å². The summed E-state index contributed by atoms with van der Waals surface area (Å²) < 4.78 is 28.7. The molecule has 1 aliphatic heterocycles. The molecule has 3 heterocycles. The number of piperidine rings is 1. The molecule has 0 spiro atoms. The zero-order valence-electron chi connectivity index (χ0n) is 15.1. The Hall–Kier alpha value is -2.00. The molecule has 2 fully saturated rings. The fourth-order valence-corrected chi connectivity index (χ4v) is 5.10. The number of aromatic nitrogens is 4. The minimum atomic E-state index is -3.46. The van der Waals surface area contributed by atoms with Gasteiger partial charge in [0.2, 0.25) is 10.0 Å². The van der Waals surface area contributed by atoms with Gasteiger partial charge < -0.3 is 4.90 Å². The first kappa shape index (κ1) is 17.4. The fourth-order valence-electron chi connectivity index (χ4n) is 3.65. The summed E-state index contributed by atoms with van der Waals surface area (Å²) in [5, 5.41) is 3.99. The number of anilines is 1. The standard InChI is InChI=1S/C17H24N6O2S/c1-13-9-17(19-12-18-13)23(14-3-4-14)15-5-7-22(8-6-15)26(24,25)16-10-20-21(2)11-16/h9-12,14-15H,3-8H2,1-2H3. The number of hydrogen-bond donors (Lipinski definition) is 0. The third-order valence-corrected chi connectivity index (χ3v) is 6.98. The Morgan fingerprint density at radius 3 is 2.38 bits per heavy atom. The van der Waals surface area contributed by atoms with Gasteiger partial charge in [-0.1, -0.05) is 0 Å². The molecule has 0 aromatic carbocycles. The highest BCUT2D eigenvalue weighted by atomic mass is 32.2. The predicted molar refractivity (Wildman–Crippen MR) is 97.3 cm³/mol. The van der Waals surface area contributed by atoms with Crippen LogP contribution in [0.3, 0.4) is 0 Å². The van der Waals surface area contributed by atoms with Gasteiger partial charge in [-0.05, 0) is 32.6 Å². The maximum Gasteiger partial charge on any atom is 0.246 e. The Bertz CT molecular complexity index is 884. The molecule has 8 nitrogen and oxygen atoms in total. The normalized spacial score (nSPS) is 19.6. The number of hydrogen-bond acceptors (Lipinski definition) is 6. The van der Waals surface area contributed by atoms with Gasteiger partial charge in [0.25, 0.3) is 0 Å². The highest BCUT2D eigenvalue weighted by Crippen LogP contribution is 2.35. The lowest BCUT2D eigenvalue weighted by molar-refractivity contribution is 0.308. The molecule has 4 rings (SSSR count). The zero-order chi connectivity index (χ0) is 18.3. The number of aryl methyl sites for hydroxylation is 2. The molecule has 1 aliphatic carbocycles. The molecule has 2 aromatic heterocycles. The van der Waals surface area contributed by atoms with Crippen LogP contribution < -0.4 is 4.90 Å². The molecule has 0 bridgehead atoms. The van der Waals surface area contributed by atoms with Crippen LogP contribution in [0.2, 0.25) is 0 Å². The Morgan fingerprint density at radius 2 is 1.81 bits per heavy atom. The Labute approximate surface area is 153 Å². The van der Waals surface area contributed by atoms with Gasteiger partial charge in [0.05, 0.1) is 6.20 Å². The first-order chi connectivity index (χ1) is 12.4. The smallest absolute Gasteiger partial charge is 0.246 e. The Balaban J connectivity index is 1.49. The van der Waals surface area contributed by atoms with Gasteiger partial charge in [0.1, 0.15) is 17.0 Å². The fraction of sp³-hybridized carbons (Fsp3) is 0.588. The number of sulfonamides is 1. The van der Waals surface area contributed by atoms with E-state index >= 15 is 0 Å². The summed E-state index contributed by atoms with van der Waals surface area (Å²) in [4.78, 5) is 11.3. The first-order valence-electron chi connectivity index (χ1n) is 9.01. The molecular weight excluding hydrogens is 352 g/mol. The summed E-state index contributed by atoms with van der Waals surface area (Å²) in [7, 11) is -1.74. The van der Waals surface area contributed by atoms with Crippen LogP contribution in [0, 0.1) is 6.92 Å². The second kappa shape index (κ2) is 6.62. The molecule has 9 heteroatoms. The maximum absolute atomic E-state index is 12.8. The molecule has 0 N–H and O–H groups in total. The SMILES string of the molecule is Cc1cc(N(C2CC2)C2CCN(S(=O)(=O)c3cnn(C)c3)CC2)ncn1. The zero-order valence-corrected chi connectivity index (χ0v) is 15.9. The molecule has 1 saturated carbocycles. The van der Waals surface area contributed by atoms with Crippen LogP contribution in [0.1, 0.15) is 31.4 Å². The second-order valence-corrected chi connectivity index (χ2v) is 9.08. The molecule has 0 amide bonds. The van der Waals surface area contributed by atoms with Crippen molar-refractivity contribution >= 4 is 15.8 Å². The molecular formula is C17H24N6O2S. The third-order valence-electron chi connectivity index (χ3n) is 5.13. The average Bonchev–Trinajstić information content (AvgIpc) is 3.34. The summed E-state index contributed by atoms with van der Waals surface area (Å²) in [6.07, 6.45) is 8.55. The number of rotatable bonds is 5. The van der Waals surface area contributed by atoms with Crippen molar-refractivity contribution in [3.8, 4) is 0 Å². The largest absolute Gasteiger partial charge is 0.350 e. The van der Waals surface area contributed by atoms with Gasteiger partial charge in [-0.2, -0.15) is 9.40 Å². The van der Waals surface area contributed by atoms with Gasteiger partial charge in [-0.15, -0.1) is 0 Å². The summed E-state index contributed by atoms with van der Waals surface area (Å²) in [6.45, 7) is 3.02. The lowest BCUT2D eigenvalue weighted by Gasteiger charge is -2.38. The summed E-state index contributed by atoms with van der Waals surface area (Å²) in [5.74, 6) is 0.966. The molecule has 0 radical (unpaired) electrons. The lowest BCUT2D eigenvalue weighted by atomic mass is 10.0. The molecule has 2 aromatic rings. The van der Waals surface area contributed by atoms with Gasteiger partial charge in [-0.25, -0.2) is 18.4 Å². The third kappa shape index (κ3) is 3.33. The van der Waals surface area contributed by atoms with Crippen molar-refractivity contribution in [2.45, 2.75) is 49.6 Å². The quantitative estimate of drug-likeness (QED) is 0.783. The van der Waals surface area contributed by atoms with Crippen molar-refractivity contribution in [1.29, 1.82) is 0 Å². The molecule has 26 heavy (non-hydrogen) atoms.